The second-order valence-corrected chi connectivity index (χ2v) is 9.09. The summed E-state index contributed by atoms with van der Waals surface area (Å²) in [6, 6.07) is -4.55. The van der Waals surface area contributed by atoms with E-state index in [4.69, 9.17) is 33.8 Å². The summed E-state index contributed by atoms with van der Waals surface area (Å²) in [5, 5.41) is 23.6. The van der Waals surface area contributed by atoms with Crippen molar-refractivity contribution in [2.24, 2.45) is 38.7 Å². The predicted molar refractivity (Wildman–Crippen MR) is 141 cm³/mol. The van der Waals surface area contributed by atoms with Gasteiger partial charge in [0.1, 0.15) is 18.1 Å². The van der Waals surface area contributed by atoms with Crippen LogP contribution in [-0.4, -0.2) is 100 Å². The number of carbonyl (C=O) groups excluding carboxylic acids is 3. The molecular weight excluding hydrogens is 516 g/mol. The van der Waals surface area contributed by atoms with Gasteiger partial charge in [0, 0.05) is 26.1 Å². The highest BCUT2D eigenvalue weighted by atomic mass is 16.4. The summed E-state index contributed by atoms with van der Waals surface area (Å²) < 4.78 is 0. The molecule has 0 radical (unpaired) electrons. The van der Waals surface area contributed by atoms with Crippen molar-refractivity contribution in [3.8, 4) is 0 Å². The average Bonchev–Trinajstić information content (AvgIpc) is 3.35. The molecule has 39 heavy (non-hydrogen) atoms. The molecule has 14 N–H and O–H groups in total. The van der Waals surface area contributed by atoms with Gasteiger partial charge in [-0.3, -0.25) is 29.2 Å². The molecule has 17 nitrogen and oxygen atoms in total. The highest BCUT2D eigenvalue weighted by Crippen LogP contribution is 2.20. The van der Waals surface area contributed by atoms with Crippen LogP contribution in [0.5, 0.6) is 0 Å². The Morgan fingerprint density at radius 3 is 1.95 bits per heavy atom. The van der Waals surface area contributed by atoms with Gasteiger partial charge in [-0.25, -0.2) is 4.79 Å². The molecule has 3 amide bonds. The summed E-state index contributed by atoms with van der Waals surface area (Å²) in [5.74, 6) is -4.75. The number of aliphatic carboxylic acids is 2. The molecule has 1 aliphatic heterocycles. The fraction of sp³-hybridized carbons (Fsp3) is 0.682. The lowest BCUT2D eigenvalue weighted by molar-refractivity contribution is -0.149. The van der Waals surface area contributed by atoms with Gasteiger partial charge in [-0.05, 0) is 44.9 Å². The van der Waals surface area contributed by atoms with Crippen molar-refractivity contribution < 1.29 is 34.2 Å². The van der Waals surface area contributed by atoms with Crippen LogP contribution in [0, 0.1) is 0 Å². The molecule has 1 heterocycles. The van der Waals surface area contributed by atoms with Crippen LogP contribution in [0.15, 0.2) is 9.98 Å². The first kappa shape index (κ1) is 32.9. The van der Waals surface area contributed by atoms with Crippen LogP contribution >= 0.6 is 0 Å². The number of carboxylic acids is 2. The molecule has 4 atom stereocenters. The van der Waals surface area contributed by atoms with E-state index in [1.807, 2.05) is 0 Å². The van der Waals surface area contributed by atoms with Crippen molar-refractivity contribution in [2.45, 2.75) is 75.5 Å². The molecule has 0 aromatic heterocycles. The fourth-order valence-electron chi connectivity index (χ4n) is 3.99. The van der Waals surface area contributed by atoms with Crippen LogP contribution in [0.25, 0.3) is 0 Å². The number of hydrogen-bond acceptors (Lipinski definition) is 8. The minimum absolute atomic E-state index is 0.0636. The van der Waals surface area contributed by atoms with Crippen LogP contribution in [0.2, 0.25) is 0 Å². The number of aliphatic imine (C=N–C) groups is 2. The molecule has 0 spiro atoms. The van der Waals surface area contributed by atoms with Crippen LogP contribution in [0.1, 0.15) is 51.4 Å². The first-order valence-electron chi connectivity index (χ1n) is 12.6. The number of carboxylic acid groups (broad SMARTS) is 2. The van der Waals surface area contributed by atoms with Crippen molar-refractivity contribution in [2.75, 3.05) is 19.6 Å². The van der Waals surface area contributed by atoms with Gasteiger partial charge in [-0.15, -0.1) is 0 Å². The first-order valence-corrected chi connectivity index (χ1v) is 12.6. The topological polar surface area (TPSA) is 308 Å². The molecular formula is C22H40N10O7. The summed E-state index contributed by atoms with van der Waals surface area (Å²) in [6.45, 7) is 0.589. The van der Waals surface area contributed by atoms with Gasteiger partial charge in [-0.2, -0.15) is 0 Å². The lowest BCUT2D eigenvalue weighted by atomic mass is 10.1. The van der Waals surface area contributed by atoms with Gasteiger partial charge in [-0.1, -0.05) is 0 Å². The largest absolute Gasteiger partial charge is 0.481 e. The second-order valence-electron chi connectivity index (χ2n) is 9.09. The molecule has 0 aromatic rings. The quantitative estimate of drug-likeness (QED) is 0.0475. The second kappa shape index (κ2) is 16.6. The molecule has 0 bridgehead atoms. The third-order valence-corrected chi connectivity index (χ3v) is 5.97. The highest BCUT2D eigenvalue weighted by Gasteiger charge is 2.38. The number of guanidine groups is 2. The Morgan fingerprint density at radius 2 is 1.41 bits per heavy atom. The number of rotatable bonds is 17. The Kier molecular flexibility index (Phi) is 14.0. The summed E-state index contributed by atoms with van der Waals surface area (Å²) in [7, 11) is 0. The van der Waals surface area contributed by atoms with Crippen LogP contribution < -0.4 is 39.3 Å². The molecule has 220 valence electrons. The molecule has 0 saturated carbocycles. The van der Waals surface area contributed by atoms with Crippen molar-refractivity contribution in [3.05, 3.63) is 0 Å². The molecule has 1 rings (SSSR count). The average molecular weight is 557 g/mol. The van der Waals surface area contributed by atoms with E-state index in [1.165, 1.54) is 4.90 Å². The number of hydrogen-bond donors (Lipinski definition) is 9. The van der Waals surface area contributed by atoms with E-state index in [1.54, 1.807) is 0 Å². The molecule has 4 unspecified atom stereocenters. The number of amides is 3. The SMILES string of the molecule is NC(N)=NCCCC(N)C(=O)NC(CCC(=O)O)C(=O)NC(CCCN=C(N)N)C(=O)N1CCCC1C(=O)O. The lowest BCUT2D eigenvalue weighted by Gasteiger charge is -2.29. The zero-order chi connectivity index (χ0) is 29.5. The van der Waals surface area contributed by atoms with Crippen molar-refractivity contribution in [1.29, 1.82) is 0 Å². The summed E-state index contributed by atoms with van der Waals surface area (Å²) in [6.07, 6.45) is 0.933. The predicted octanol–water partition coefficient (Wildman–Crippen LogP) is -3.67. The van der Waals surface area contributed by atoms with E-state index in [-0.39, 0.29) is 63.7 Å². The van der Waals surface area contributed by atoms with E-state index >= 15 is 0 Å². The van der Waals surface area contributed by atoms with E-state index in [0.717, 1.165) is 0 Å². The van der Waals surface area contributed by atoms with Crippen molar-refractivity contribution in [1.82, 2.24) is 15.5 Å². The number of likely N-dealkylation sites (tertiary alicyclic amines) is 1. The zero-order valence-corrected chi connectivity index (χ0v) is 21.8. The molecule has 1 aliphatic rings. The zero-order valence-electron chi connectivity index (χ0n) is 21.8. The Hall–Kier alpha value is -4.15. The van der Waals surface area contributed by atoms with Gasteiger partial charge >= 0.3 is 11.9 Å². The summed E-state index contributed by atoms with van der Waals surface area (Å²) >= 11 is 0. The Labute approximate surface area is 225 Å². The van der Waals surface area contributed by atoms with Gasteiger partial charge in [0.2, 0.25) is 17.7 Å². The summed E-state index contributed by atoms with van der Waals surface area (Å²) in [5.41, 5.74) is 27.0. The fourth-order valence-corrected chi connectivity index (χ4v) is 3.99. The Balaban J connectivity index is 3.00. The van der Waals surface area contributed by atoms with Gasteiger partial charge in [0.25, 0.3) is 0 Å². The molecule has 0 aromatic carbocycles. The van der Waals surface area contributed by atoms with E-state index in [9.17, 15) is 29.1 Å². The van der Waals surface area contributed by atoms with Crippen LogP contribution in [0.3, 0.4) is 0 Å². The molecule has 1 saturated heterocycles. The van der Waals surface area contributed by atoms with E-state index in [0.29, 0.717) is 12.8 Å². The third kappa shape index (κ3) is 12.3. The van der Waals surface area contributed by atoms with Crippen LogP contribution in [0.4, 0.5) is 0 Å². The smallest absolute Gasteiger partial charge is 0.326 e. The van der Waals surface area contributed by atoms with Gasteiger partial charge < -0.3 is 54.4 Å². The normalized spacial score (nSPS) is 16.8. The number of carbonyl (C=O) groups is 5. The number of nitrogens with two attached hydrogens (primary N) is 5. The minimum atomic E-state index is -1.32. The van der Waals surface area contributed by atoms with Crippen LogP contribution in [-0.2, 0) is 24.0 Å². The standard InChI is InChI=1S/C22H40N10O7/c23-12(4-1-9-28-21(24)25)17(35)30-13(7-8-16(33)34)18(36)31-14(5-2-10-29-22(26)27)19(37)32-11-3-6-15(32)20(38)39/h12-15H,1-11,23H2,(H,30,35)(H,31,36)(H,33,34)(H,38,39)(H4,24,25,28)(H4,26,27,29). The monoisotopic (exact) mass is 556 g/mol. The number of nitrogens with zero attached hydrogens (tertiary/aromatic N) is 3. The maximum Gasteiger partial charge on any atom is 0.326 e. The summed E-state index contributed by atoms with van der Waals surface area (Å²) in [4.78, 5) is 70.7. The first-order chi connectivity index (χ1) is 18.3. The van der Waals surface area contributed by atoms with Gasteiger partial charge in [0.15, 0.2) is 11.9 Å². The highest BCUT2D eigenvalue weighted by molar-refractivity contribution is 5.94. The number of nitrogens with one attached hydrogen (secondary N) is 2. The minimum Gasteiger partial charge on any atom is -0.481 e. The Bertz CT molecular complexity index is 934. The maximum absolute atomic E-state index is 13.3. The lowest BCUT2D eigenvalue weighted by Crippen LogP contribution is -2.57. The van der Waals surface area contributed by atoms with E-state index in [2.05, 4.69) is 20.6 Å². The van der Waals surface area contributed by atoms with Gasteiger partial charge in [0.05, 0.1) is 6.04 Å². The van der Waals surface area contributed by atoms with Crippen molar-refractivity contribution >= 4 is 41.6 Å². The third-order valence-electron chi connectivity index (χ3n) is 5.97. The maximum atomic E-state index is 13.3. The van der Waals surface area contributed by atoms with E-state index < -0.39 is 60.2 Å². The van der Waals surface area contributed by atoms with Crippen molar-refractivity contribution in [3.63, 3.8) is 0 Å². The molecule has 0 aliphatic carbocycles. The molecule has 1 fully saturated rings. The molecule has 17 heteroatoms. The Morgan fingerprint density at radius 1 is 0.846 bits per heavy atom.